The molecule has 1 aromatic carbocycles. The first-order valence-electron chi connectivity index (χ1n) is 10.9. The highest BCUT2D eigenvalue weighted by atomic mass is 32.1. The third-order valence-electron chi connectivity index (χ3n) is 5.48. The summed E-state index contributed by atoms with van der Waals surface area (Å²) in [4.78, 5) is 35.1. The Kier molecular flexibility index (Phi) is 9.01. The fourth-order valence-electron chi connectivity index (χ4n) is 3.49. The number of hydrogen-bond donors (Lipinski definition) is 1. The second-order valence-electron chi connectivity index (χ2n) is 7.86. The molecule has 0 atom stereocenters. The molecule has 0 unspecified atom stereocenters. The first-order valence-corrected chi connectivity index (χ1v) is 11.7. The van der Waals surface area contributed by atoms with Crippen LogP contribution in [0.3, 0.4) is 0 Å². The van der Waals surface area contributed by atoms with E-state index in [2.05, 4.69) is 15.2 Å². The van der Waals surface area contributed by atoms with Crippen LogP contribution in [0.1, 0.15) is 22.6 Å². The predicted octanol–water partition coefficient (Wildman–Crippen LogP) is 2.50. The molecule has 0 bridgehead atoms. The number of hydrogen-bond acceptors (Lipinski definition) is 7. The SMILES string of the molecule is COc1ccc(CC(=O)N(CCCN2CCOCC2)CC(=O)Nc2nc(C)c(C)s2)cc1. The molecule has 0 aliphatic carbocycles. The molecule has 0 radical (unpaired) electrons. The monoisotopic (exact) mass is 460 g/mol. The molecule has 2 heterocycles. The topological polar surface area (TPSA) is 84.0 Å². The van der Waals surface area contributed by atoms with Crippen molar-refractivity contribution in [3.05, 3.63) is 40.4 Å². The number of aromatic nitrogens is 1. The lowest BCUT2D eigenvalue weighted by molar-refractivity contribution is -0.134. The van der Waals surface area contributed by atoms with Gasteiger partial charge < -0.3 is 19.7 Å². The molecule has 1 saturated heterocycles. The molecule has 2 amide bonds. The summed E-state index contributed by atoms with van der Waals surface area (Å²) in [6, 6.07) is 7.43. The number of anilines is 1. The van der Waals surface area contributed by atoms with Crippen molar-refractivity contribution in [2.75, 3.05) is 58.4 Å². The minimum absolute atomic E-state index is 0.00970. The summed E-state index contributed by atoms with van der Waals surface area (Å²) in [5.74, 6) is 0.448. The Hall–Kier alpha value is -2.49. The summed E-state index contributed by atoms with van der Waals surface area (Å²) >= 11 is 1.44. The number of nitrogens with zero attached hydrogens (tertiary/aromatic N) is 3. The summed E-state index contributed by atoms with van der Waals surface area (Å²) in [5, 5.41) is 3.41. The number of carbonyl (C=O) groups is 2. The van der Waals surface area contributed by atoms with Crippen LogP contribution in [0.4, 0.5) is 5.13 Å². The quantitative estimate of drug-likeness (QED) is 0.587. The highest BCUT2D eigenvalue weighted by Gasteiger charge is 2.19. The summed E-state index contributed by atoms with van der Waals surface area (Å²) in [6.45, 7) is 8.60. The molecule has 32 heavy (non-hydrogen) atoms. The van der Waals surface area contributed by atoms with E-state index in [1.54, 1.807) is 12.0 Å². The molecule has 9 heteroatoms. The van der Waals surface area contributed by atoms with E-state index < -0.39 is 0 Å². The van der Waals surface area contributed by atoms with Crippen LogP contribution in [-0.4, -0.2) is 79.6 Å². The van der Waals surface area contributed by atoms with Gasteiger partial charge in [-0.25, -0.2) is 4.98 Å². The van der Waals surface area contributed by atoms with Gasteiger partial charge in [0, 0.05) is 31.1 Å². The number of methoxy groups -OCH3 is 1. The number of rotatable bonds is 10. The lowest BCUT2D eigenvalue weighted by Crippen LogP contribution is -2.42. The van der Waals surface area contributed by atoms with Crippen molar-refractivity contribution in [3.63, 3.8) is 0 Å². The summed E-state index contributed by atoms with van der Waals surface area (Å²) in [5.41, 5.74) is 1.80. The maximum atomic E-state index is 13.1. The van der Waals surface area contributed by atoms with Crippen LogP contribution in [0.2, 0.25) is 0 Å². The smallest absolute Gasteiger partial charge is 0.245 e. The first kappa shape index (κ1) is 24.2. The zero-order valence-electron chi connectivity index (χ0n) is 19.1. The molecule has 2 aromatic rings. The van der Waals surface area contributed by atoms with Crippen molar-refractivity contribution in [2.45, 2.75) is 26.7 Å². The van der Waals surface area contributed by atoms with Crippen LogP contribution in [0.5, 0.6) is 5.75 Å². The number of nitrogens with one attached hydrogen (secondary N) is 1. The fraction of sp³-hybridized carbons (Fsp3) is 0.522. The third kappa shape index (κ3) is 7.29. The van der Waals surface area contributed by atoms with Gasteiger partial charge in [-0.1, -0.05) is 12.1 Å². The molecular formula is C23H32N4O4S. The second-order valence-corrected chi connectivity index (χ2v) is 9.06. The Morgan fingerprint density at radius 1 is 1.22 bits per heavy atom. The number of benzene rings is 1. The van der Waals surface area contributed by atoms with Crippen molar-refractivity contribution in [1.82, 2.24) is 14.8 Å². The Morgan fingerprint density at radius 3 is 2.56 bits per heavy atom. The minimum Gasteiger partial charge on any atom is -0.497 e. The van der Waals surface area contributed by atoms with Gasteiger partial charge in [-0.3, -0.25) is 14.5 Å². The fourth-order valence-corrected chi connectivity index (χ4v) is 4.32. The van der Waals surface area contributed by atoms with Crippen molar-refractivity contribution < 1.29 is 19.1 Å². The van der Waals surface area contributed by atoms with Gasteiger partial charge in [0.1, 0.15) is 5.75 Å². The van der Waals surface area contributed by atoms with Gasteiger partial charge in [0.2, 0.25) is 11.8 Å². The van der Waals surface area contributed by atoms with E-state index in [9.17, 15) is 9.59 Å². The Labute approximate surface area is 193 Å². The third-order valence-corrected chi connectivity index (χ3v) is 6.47. The maximum Gasteiger partial charge on any atom is 0.245 e. The van der Waals surface area contributed by atoms with E-state index >= 15 is 0 Å². The molecule has 1 fully saturated rings. The lowest BCUT2D eigenvalue weighted by atomic mass is 10.1. The van der Waals surface area contributed by atoms with E-state index in [0.717, 1.165) is 61.2 Å². The molecule has 3 rings (SSSR count). The van der Waals surface area contributed by atoms with Crippen molar-refractivity contribution >= 4 is 28.3 Å². The van der Waals surface area contributed by atoms with Crippen LogP contribution in [0.15, 0.2) is 24.3 Å². The van der Waals surface area contributed by atoms with Crippen LogP contribution < -0.4 is 10.1 Å². The Bertz CT molecular complexity index is 874. The van der Waals surface area contributed by atoms with E-state index in [4.69, 9.17) is 9.47 Å². The predicted molar refractivity (Wildman–Crippen MR) is 125 cm³/mol. The first-order chi connectivity index (χ1) is 15.4. The molecule has 1 aromatic heterocycles. The van der Waals surface area contributed by atoms with Gasteiger partial charge in [-0.15, -0.1) is 11.3 Å². The van der Waals surface area contributed by atoms with Gasteiger partial charge in [0.25, 0.3) is 0 Å². The van der Waals surface area contributed by atoms with Gasteiger partial charge in [0.15, 0.2) is 5.13 Å². The van der Waals surface area contributed by atoms with E-state index in [1.807, 2.05) is 38.1 Å². The van der Waals surface area contributed by atoms with E-state index in [-0.39, 0.29) is 24.8 Å². The van der Waals surface area contributed by atoms with Gasteiger partial charge in [-0.2, -0.15) is 0 Å². The summed E-state index contributed by atoms with van der Waals surface area (Å²) in [6.07, 6.45) is 1.04. The van der Waals surface area contributed by atoms with Gasteiger partial charge in [-0.05, 0) is 38.0 Å². The molecule has 1 N–H and O–H groups in total. The van der Waals surface area contributed by atoms with Crippen molar-refractivity contribution in [2.24, 2.45) is 0 Å². The Balaban J connectivity index is 1.60. The largest absolute Gasteiger partial charge is 0.497 e. The van der Waals surface area contributed by atoms with Crippen LogP contribution in [-0.2, 0) is 20.7 Å². The van der Waals surface area contributed by atoms with Crippen LogP contribution in [0.25, 0.3) is 0 Å². The van der Waals surface area contributed by atoms with E-state index in [1.165, 1.54) is 11.3 Å². The van der Waals surface area contributed by atoms with Gasteiger partial charge >= 0.3 is 0 Å². The molecule has 1 aliphatic rings. The number of morpholine rings is 1. The number of ether oxygens (including phenoxy) is 2. The normalized spacial score (nSPS) is 14.2. The highest BCUT2D eigenvalue weighted by molar-refractivity contribution is 7.15. The minimum atomic E-state index is -0.229. The maximum absolute atomic E-state index is 13.1. The molecular weight excluding hydrogens is 428 g/mol. The zero-order chi connectivity index (χ0) is 22.9. The van der Waals surface area contributed by atoms with Crippen molar-refractivity contribution in [3.8, 4) is 5.75 Å². The molecule has 0 spiro atoms. The number of amides is 2. The number of thiazole rings is 1. The Morgan fingerprint density at radius 2 is 1.94 bits per heavy atom. The standard InChI is InChI=1S/C23H32N4O4S/c1-17-18(2)32-23(24-17)25-21(28)16-27(10-4-9-26-11-13-31-14-12-26)22(29)15-19-5-7-20(30-3)8-6-19/h5-8H,4,9-16H2,1-3H3,(H,24,25,28). The molecule has 0 saturated carbocycles. The number of aryl methyl sites for hydroxylation is 2. The lowest BCUT2D eigenvalue weighted by Gasteiger charge is -2.28. The average molecular weight is 461 g/mol. The molecule has 1 aliphatic heterocycles. The van der Waals surface area contributed by atoms with E-state index in [0.29, 0.717) is 11.7 Å². The zero-order valence-corrected chi connectivity index (χ0v) is 19.9. The van der Waals surface area contributed by atoms with Crippen LogP contribution >= 0.6 is 11.3 Å². The molecule has 174 valence electrons. The second kappa shape index (κ2) is 11.9. The van der Waals surface area contributed by atoms with Crippen molar-refractivity contribution in [1.29, 1.82) is 0 Å². The van der Waals surface area contributed by atoms with Gasteiger partial charge in [0.05, 0.1) is 39.0 Å². The molecule has 8 nitrogen and oxygen atoms in total. The highest BCUT2D eigenvalue weighted by Crippen LogP contribution is 2.21. The number of carbonyl (C=O) groups excluding carboxylic acids is 2. The summed E-state index contributed by atoms with van der Waals surface area (Å²) in [7, 11) is 1.61. The average Bonchev–Trinajstić information content (AvgIpc) is 3.10. The van der Waals surface area contributed by atoms with Crippen LogP contribution in [0, 0.1) is 13.8 Å². The summed E-state index contributed by atoms with van der Waals surface area (Å²) < 4.78 is 10.6.